The molecular weight excluding hydrogens is 239 g/mol. The summed E-state index contributed by atoms with van der Waals surface area (Å²) in [4.78, 5) is 3.22. The number of aromatic nitrogens is 1. The molecule has 1 aromatic heterocycles. The average molecular weight is 254 g/mol. The normalized spacial score (nSPS) is 10.8. The number of hydrogen-bond donors (Lipinski definition) is 2. The molecule has 0 bridgehead atoms. The molecule has 2 nitrogen and oxygen atoms in total. The van der Waals surface area contributed by atoms with Crippen LogP contribution in [0.2, 0.25) is 0 Å². The molecule has 0 aliphatic carbocycles. The van der Waals surface area contributed by atoms with Crippen molar-refractivity contribution in [2.75, 3.05) is 5.32 Å². The van der Waals surface area contributed by atoms with Crippen molar-refractivity contribution in [1.82, 2.24) is 4.98 Å². The van der Waals surface area contributed by atoms with Gasteiger partial charge in [-0.05, 0) is 30.2 Å². The number of nitrogens with one attached hydrogen (secondary N) is 2. The van der Waals surface area contributed by atoms with E-state index in [0.717, 1.165) is 16.6 Å². The summed E-state index contributed by atoms with van der Waals surface area (Å²) in [6.45, 7) is 2.51. The summed E-state index contributed by atoms with van der Waals surface area (Å²) in [5.41, 5.74) is 3.73. The van der Waals surface area contributed by atoms with Crippen LogP contribution < -0.4 is 5.32 Å². The molecule has 3 aromatic rings. The Kier molecular flexibility index (Phi) is 2.95. The van der Waals surface area contributed by atoms with E-state index >= 15 is 0 Å². The Morgan fingerprint density at radius 2 is 1.95 bits per heavy atom. The molecule has 0 unspecified atom stereocenters. The van der Waals surface area contributed by atoms with Crippen molar-refractivity contribution in [2.24, 2.45) is 0 Å². The fourth-order valence-electron chi connectivity index (χ4n) is 2.32. The highest BCUT2D eigenvalue weighted by atomic mass is 19.1. The number of hydrogen-bond acceptors (Lipinski definition) is 1. The maximum absolute atomic E-state index is 13.7. The SMILES string of the molecule is Cc1cccc(F)c1NCc1c[nH]c2ccccc12. The summed E-state index contributed by atoms with van der Waals surface area (Å²) in [7, 11) is 0. The van der Waals surface area contributed by atoms with E-state index in [1.165, 1.54) is 11.5 Å². The van der Waals surface area contributed by atoms with Crippen LogP contribution in [0.5, 0.6) is 0 Å². The van der Waals surface area contributed by atoms with Crippen LogP contribution in [0.15, 0.2) is 48.7 Å². The second-order valence-electron chi connectivity index (χ2n) is 4.64. The summed E-state index contributed by atoms with van der Waals surface area (Å²) in [6, 6.07) is 13.2. The molecule has 0 amide bonds. The quantitative estimate of drug-likeness (QED) is 0.719. The molecule has 0 saturated carbocycles. The average Bonchev–Trinajstić information content (AvgIpc) is 2.82. The highest BCUT2D eigenvalue weighted by molar-refractivity contribution is 5.83. The van der Waals surface area contributed by atoms with Crippen LogP contribution in [-0.2, 0) is 6.54 Å². The Hall–Kier alpha value is -2.29. The maximum atomic E-state index is 13.7. The molecule has 0 fully saturated rings. The van der Waals surface area contributed by atoms with E-state index in [4.69, 9.17) is 0 Å². The number of H-pyrrole nitrogens is 1. The zero-order valence-electron chi connectivity index (χ0n) is 10.7. The van der Waals surface area contributed by atoms with Crippen molar-refractivity contribution in [1.29, 1.82) is 0 Å². The number of rotatable bonds is 3. The highest BCUT2D eigenvalue weighted by Gasteiger charge is 2.06. The van der Waals surface area contributed by atoms with Gasteiger partial charge < -0.3 is 10.3 Å². The van der Waals surface area contributed by atoms with E-state index in [2.05, 4.69) is 16.4 Å². The third kappa shape index (κ3) is 2.19. The molecule has 1 heterocycles. The molecule has 3 heteroatoms. The maximum Gasteiger partial charge on any atom is 0.146 e. The van der Waals surface area contributed by atoms with Gasteiger partial charge in [-0.1, -0.05) is 30.3 Å². The number of fused-ring (bicyclic) bond motifs is 1. The van der Waals surface area contributed by atoms with Gasteiger partial charge in [0, 0.05) is 23.6 Å². The Morgan fingerprint density at radius 3 is 2.79 bits per heavy atom. The number of aromatic amines is 1. The number of benzene rings is 2. The summed E-state index contributed by atoms with van der Waals surface area (Å²) in [6.07, 6.45) is 1.97. The minimum Gasteiger partial charge on any atom is -0.378 e. The first-order valence-electron chi connectivity index (χ1n) is 6.29. The lowest BCUT2D eigenvalue weighted by molar-refractivity contribution is 0.629. The molecule has 3 rings (SSSR count). The highest BCUT2D eigenvalue weighted by Crippen LogP contribution is 2.22. The van der Waals surface area contributed by atoms with E-state index < -0.39 is 0 Å². The number of halogens is 1. The van der Waals surface area contributed by atoms with Gasteiger partial charge in [0.05, 0.1) is 5.69 Å². The lowest BCUT2D eigenvalue weighted by Crippen LogP contribution is -2.02. The Labute approximate surface area is 111 Å². The Morgan fingerprint density at radius 1 is 1.11 bits per heavy atom. The van der Waals surface area contributed by atoms with E-state index in [9.17, 15) is 4.39 Å². The first-order chi connectivity index (χ1) is 9.25. The van der Waals surface area contributed by atoms with Gasteiger partial charge in [-0.3, -0.25) is 0 Å². The zero-order chi connectivity index (χ0) is 13.2. The monoisotopic (exact) mass is 254 g/mol. The standard InChI is InChI=1S/C16H15FN2/c1-11-5-4-7-14(17)16(11)19-10-12-9-18-15-8-3-2-6-13(12)15/h2-9,18-19H,10H2,1H3. The van der Waals surface area contributed by atoms with E-state index in [0.29, 0.717) is 12.2 Å². The summed E-state index contributed by atoms with van der Waals surface area (Å²) in [5, 5.41) is 4.35. The van der Waals surface area contributed by atoms with Gasteiger partial charge in [-0.25, -0.2) is 4.39 Å². The van der Waals surface area contributed by atoms with Gasteiger partial charge in [0.1, 0.15) is 5.82 Å². The fourth-order valence-corrected chi connectivity index (χ4v) is 2.32. The topological polar surface area (TPSA) is 27.8 Å². The summed E-state index contributed by atoms with van der Waals surface area (Å²) >= 11 is 0. The van der Waals surface area contributed by atoms with Crippen molar-refractivity contribution >= 4 is 16.6 Å². The second-order valence-corrected chi connectivity index (χ2v) is 4.64. The molecule has 2 aromatic carbocycles. The van der Waals surface area contributed by atoms with Crippen LogP contribution in [0.4, 0.5) is 10.1 Å². The number of para-hydroxylation sites is 2. The van der Waals surface area contributed by atoms with Crippen LogP contribution in [0.3, 0.4) is 0 Å². The molecule has 0 atom stereocenters. The van der Waals surface area contributed by atoms with Gasteiger partial charge in [-0.2, -0.15) is 0 Å². The van der Waals surface area contributed by atoms with Crippen molar-refractivity contribution < 1.29 is 4.39 Å². The molecule has 0 radical (unpaired) electrons. The fraction of sp³-hybridized carbons (Fsp3) is 0.125. The minimum atomic E-state index is -0.208. The summed E-state index contributed by atoms with van der Waals surface area (Å²) in [5.74, 6) is -0.208. The van der Waals surface area contributed by atoms with Gasteiger partial charge in [-0.15, -0.1) is 0 Å². The van der Waals surface area contributed by atoms with Crippen molar-refractivity contribution in [3.63, 3.8) is 0 Å². The lowest BCUT2D eigenvalue weighted by atomic mass is 10.1. The van der Waals surface area contributed by atoms with Gasteiger partial charge in [0.15, 0.2) is 0 Å². The van der Waals surface area contributed by atoms with Crippen molar-refractivity contribution in [3.05, 3.63) is 65.6 Å². The Balaban J connectivity index is 1.87. The largest absolute Gasteiger partial charge is 0.378 e. The van der Waals surface area contributed by atoms with Gasteiger partial charge in [0.25, 0.3) is 0 Å². The van der Waals surface area contributed by atoms with Crippen LogP contribution >= 0.6 is 0 Å². The van der Waals surface area contributed by atoms with E-state index in [1.54, 1.807) is 6.07 Å². The molecule has 0 spiro atoms. The van der Waals surface area contributed by atoms with E-state index in [1.807, 2.05) is 37.4 Å². The predicted molar refractivity (Wildman–Crippen MR) is 76.8 cm³/mol. The van der Waals surface area contributed by atoms with Gasteiger partial charge >= 0.3 is 0 Å². The molecule has 0 aliphatic rings. The molecule has 19 heavy (non-hydrogen) atoms. The number of aryl methyl sites for hydroxylation is 1. The molecule has 2 N–H and O–H groups in total. The van der Waals surface area contributed by atoms with Crippen LogP contribution in [0.1, 0.15) is 11.1 Å². The molecule has 0 aliphatic heterocycles. The smallest absolute Gasteiger partial charge is 0.146 e. The van der Waals surface area contributed by atoms with E-state index in [-0.39, 0.29) is 5.82 Å². The predicted octanol–water partition coefficient (Wildman–Crippen LogP) is 4.23. The zero-order valence-corrected chi connectivity index (χ0v) is 10.7. The van der Waals surface area contributed by atoms with Crippen molar-refractivity contribution in [2.45, 2.75) is 13.5 Å². The first-order valence-corrected chi connectivity index (χ1v) is 6.29. The molecule has 96 valence electrons. The summed E-state index contributed by atoms with van der Waals surface area (Å²) < 4.78 is 13.7. The number of anilines is 1. The van der Waals surface area contributed by atoms with Crippen molar-refractivity contribution in [3.8, 4) is 0 Å². The molecule has 0 saturated heterocycles. The van der Waals surface area contributed by atoms with Gasteiger partial charge in [0.2, 0.25) is 0 Å². The first kappa shape index (κ1) is 11.8. The Bertz CT molecular complexity index is 695. The third-order valence-corrected chi connectivity index (χ3v) is 3.35. The van der Waals surface area contributed by atoms with Crippen LogP contribution in [0, 0.1) is 12.7 Å². The molecular formula is C16H15FN2. The minimum absolute atomic E-state index is 0.208. The second kappa shape index (κ2) is 4.76. The lowest BCUT2D eigenvalue weighted by Gasteiger charge is -2.10. The van der Waals surface area contributed by atoms with Crippen LogP contribution in [0.25, 0.3) is 10.9 Å². The van der Waals surface area contributed by atoms with Crippen LogP contribution in [-0.4, -0.2) is 4.98 Å². The third-order valence-electron chi connectivity index (χ3n) is 3.35.